The zero-order chi connectivity index (χ0) is 11.7. The lowest BCUT2D eigenvalue weighted by atomic mass is 10.3. The van der Waals surface area contributed by atoms with Gasteiger partial charge in [0.05, 0.1) is 15.9 Å². The maximum absolute atomic E-state index is 11.5. The van der Waals surface area contributed by atoms with Crippen molar-refractivity contribution in [2.24, 2.45) is 5.73 Å². The van der Waals surface area contributed by atoms with Crippen molar-refractivity contribution in [1.82, 2.24) is 10.3 Å². The van der Waals surface area contributed by atoms with E-state index in [0.29, 0.717) is 11.2 Å². The summed E-state index contributed by atoms with van der Waals surface area (Å²) in [6.07, 6.45) is 0. The third-order valence-corrected chi connectivity index (χ3v) is 3.01. The number of guanidine groups is 1. The van der Waals surface area contributed by atoms with E-state index in [1.807, 2.05) is 0 Å². The highest BCUT2D eigenvalue weighted by Gasteiger charge is 2.13. The molecule has 0 atom stereocenters. The third-order valence-electron chi connectivity index (χ3n) is 1.89. The van der Waals surface area contributed by atoms with Gasteiger partial charge in [-0.1, -0.05) is 6.07 Å². The maximum Gasteiger partial charge on any atom is 0.286 e. The number of carbonyl (C=O) groups is 1. The molecule has 0 radical (unpaired) electrons. The van der Waals surface area contributed by atoms with Crippen LogP contribution in [0.4, 0.5) is 5.69 Å². The molecule has 9 heteroatoms. The summed E-state index contributed by atoms with van der Waals surface area (Å²) in [6, 6.07) is 5.28. The van der Waals surface area contributed by atoms with Gasteiger partial charge in [0, 0.05) is 0 Å². The van der Waals surface area contributed by atoms with Crippen molar-refractivity contribution in [1.29, 1.82) is 5.41 Å². The van der Waals surface area contributed by atoms with Crippen LogP contribution >= 0.6 is 36.2 Å². The highest BCUT2D eigenvalue weighted by Crippen LogP contribution is 2.27. The highest BCUT2D eigenvalue weighted by atomic mass is 35.5. The Morgan fingerprint density at radius 2 is 2.06 bits per heavy atom. The van der Waals surface area contributed by atoms with Crippen LogP contribution < -0.4 is 16.8 Å². The number of nitrogen functional groups attached to an aromatic ring is 1. The minimum Gasteiger partial charge on any atom is -0.398 e. The van der Waals surface area contributed by atoms with Gasteiger partial charge < -0.3 is 11.5 Å². The largest absolute Gasteiger partial charge is 0.398 e. The number of hydrogen-bond donors (Lipinski definition) is 4. The lowest BCUT2D eigenvalue weighted by molar-refractivity contribution is 0.0976. The van der Waals surface area contributed by atoms with Crippen LogP contribution in [-0.2, 0) is 0 Å². The van der Waals surface area contributed by atoms with Gasteiger partial charge in [0.2, 0.25) is 0 Å². The van der Waals surface area contributed by atoms with Crippen LogP contribution in [0.5, 0.6) is 0 Å². The Bertz CT molecular complexity index is 585. The Kier molecular flexibility index (Phi) is 5.83. The highest BCUT2D eigenvalue weighted by molar-refractivity contribution is 7.20. The molecular formula is C9H11Cl2N5OS. The number of amides is 1. The molecule has 6 N–H and O–H groups in total. The second kappa shape index (κ2) is 6.39. The van der Waals surface area contributed by atoms with Crippen LogP contribution in [0, 0.1) is 5.41 Å². The number of carbonyl (C=O) groups excluding carboxylic acids is 1. The molecule has 98 valence electrons. The predicted molar refractivity (Wildman–Crippen MR) is 77.9 cm³/mol. The molecule has 0 fully saturated rings. The Morgan fingerprint density at radius 3 is 2.61 bits per heavy atom. The van der Waals surface area contributed by atoms with Gasteiger partial charge >= 0.3 is 0 Å². The minimum atomic E-state index is -0.492. The number of anilines is 1. The first kappa shape index (κ1) is 16.4. The number of thiazole rings is 1. The van der Waals surface area contributed by atoms with E-state index in [1.165, 1.54) is 11.3 Å². The first-order valence-corrected chi connectivity index (χ1v) is 5.20. The number of halogens is 2. The number of aromatic nitrogens is 1. The van der Waals surface area contributed by atoms with Crippen molar-refractivity contribution in [2.75, 3.05) is 5.73 Å². The smallest absolute Gasteiger partial charge is 0.286 e. The normalized spacial score (nSPS) is 9.11. The van der Waals surface area contributed by atoms with E-state index in [9.17, 15) is 4.79 Å². The summed E-state index contributed by atoms with van der Waals surface area (Å²) >= 11 is 1.17. The number of rotatable bonds is 1. The van der Waals surface area contributed by atoms with Crippen LogP contribution in [0.25, 0.3) is 10.2 Å². The molecule has 0 saturated heterocycles. The second-order valence-electron chi connectivity index (χ2n) is 3.08. The monoisotopic (exact) mass is 307 g/mol. The quantitative estimate of drug-likeness (QED) is 0.361. The van der Waals surface area contributed by atoms with Gasteiger partial charge in [-0.2, -0.15) is 0 Å². The van der Waals surface area contributed by atoms with E-state index in [-0.39, 0.29) is 29.8 Å². The van der Waals surface area contributed by atoms with E-state index in [0.717, 1.165) is 4.70 Å². The summed E-state index contributed by atoms with van der Waals surface area (Å²) in [4.78, 5) is 15.6. The van der Waals surface area contributed by atoms with Crippen molar-refractivity contribution in [3.63, 3.8) is 0 Å². The molecule has 0 aliphatic carbocycles. The molecule has 1 heterocycles. The summed E-state index contributed by atoms with van der Waals surface area (Å²) in [7, 11) is 0. The number of nitrogens with one attached hydrogen (secondary N) is 2. The van der Waals surface area contributed by atoms with E-state index in [1.54, 1.807) is 18.2 Å². The SMILES string of the molecule is Cl.Cl.N=C(N)NC(=O)c1nc2cccc(N)c2s1. The molecule has 0 saturated carbocycles. The van der Waals surface area contributed by atoms with Crippen LogP contribution in [0.3, 0.4) is 0 Å². The van der Waals surface area contributed by atoms with E-state index in [4.69, 9.17) is 16.9 Å². The van der Waals surface area contributed by atoms with Gasteiger partial charge in [0.1, 0.15) is 0 Å². The van der Waals surface area contributed by atoms with Crippen molar-refractivity contribution in [3.8, 4) is 0 Å². The zero-order valence-electron chi connectivity index (χ0n) is 8.97. The van der Waals surface area contributed by atoms with Gasteiger partial charge in [-0.3, -0.25) is 15.5 Å². The number of fused-ring (bicyclic) bond motifs is 1. The summed E-state index contributed by atoms with van der Waals surface area (Å²) in [5, 5.41) is 9.36. The van der Waals surface area contributed by atoms with Crippen LogP contribution in [-0.4, -0.2) is 16.9 Å². The molecule has 0 bridgehead atoms. The lowest BCUT2D eigenvalue weighted by Gasteiger charge is -1.96. The lowest BCUT2D eigenvalue weighted by Crippen LogP contribution is -2.35. The zero-order valence-corrected chi connectivity index (χ0v) is 11.4. The standard InChI is InChI=1S/C9H9N5OS.2ClH/c10-4-2-1-3-5-6(4)16-8(13-5)7(15)14-9(11)12;;/h1-3H,10H2,(H4,11,12,14,15);2*1H. The van der Waals surface area contributed by atoms with Crippen LogP contribution in [0.15, 0.2) is 18.2 Å². The van der Waals surface area contributed by atoms with Crippen LogP contribution in [0.1, 0.15) is 9.80 Å². The van der Waals surface area contributed by atoms with Gasteiger partial charge in [0.25, 0.3) is 5.91 Å². The average molecular weight is 308 g/mol. The molecule has 2 aromatic rings. The Labute approximate surface area is 119 Å². The fraction of sp³-hybridized carbons (Fsp3) is 0. The maximum atomic E-state index is 11.5. The molecule has 2 rings (SSSR count). The van der Waals surface area contributed by atoms with Gasteiger partial charge in [-0.15, -0.1) is 36.2 Å². The fourth-order valence-electron chi connectivity index (χ4n) is 1.24. The van der Waals surface area contributed by atoms with Crippen molar-refractivity contribution < 1.29 is 4.79 Å². The summed E-state index contributed by atoms with van der Waals surface area (Å²) in [5.41, 5.74) is 12.0. The Morgan fingerprint density at radius 1 is 1.39 bits per heavy atom. The third kappa shape index (κ3) is 3.22. The van der Waals surface area contributed by atoms with Crippen molar-refractivity contribution in [3.05, 3.63) is 23.2 Å². The van der Waals surface area contributed by atoms with Crippen LogP contribution in [0.2, 0.25) is 0 Å². The van der Waals surface area contributed by atoms with E-state index in [2.05, 4.69) is 10.3 Å². The summed E-state index contributed by atoms with van der Waals surface area (Å²) < 4.78 is 0.760. The molecule has 6 nitrogen and oxygen atoms in total. The molecule has 0 unspecified atom stereocenters. The molecular weight excluding hydrogens is 297 g/mol. The topological polar surface area (TPSA) is 118 Å². The van der Waals surface area contributed by atoms with Crippen molar-refractivity contribution in [2.45, 2.75) is 0 Å². The molecule has 18 heavy (non-hydrogen) atoms. The number of hydrogen-bond acceptors (Lipinski definition) is 5. The van der Waals surface area contributed by atoms with E-state index >= 15 is 0 Å². The van der Waals surface area contributed by atoms with Gasteiger partial charge in [0.15, 0.2) is 11.0 Å². The Hall–Kier alpha value is -1.57. The predicted octanol–water partition coefficient (Wildman–Crippen LogP) is 1.35. The van der Waals surface area contributed by atoms with Gasteiger partial charge in [-0.05, 0) is 12.1 Å². The average Bonchev–Trinajstić information content (AvgIpc) is 2.61. The first-order valence-electron chi connectivity index (χ1n) is 4.38. The molecule has 0 aliphatic rings. The fourth-order valence-corrected chi connectivity index (χ4v) is 2.13. The number of nitrogens with zero attached hydrogens (tertiary/aromatic N) is 1. The van der Waals surface area contributed by atoms with Gasteiger partial charge in [-0.25, -0.2) is 4.98 Å². The molecule has 1 aromatic heterocycles. The summed E-state index contributed by atoms with van der Waals surface area (Å²) in [6.45, 7) is 0. The summed E-state index contributed by atoms with van der Waals surface area (Å²) in [5.74, 6) is -0.898. The molecule has 1 aromatic carbocycles. The minimum absolute atomic E-state index is 0. The van der Waals surface area contributed by atoms with E-state index < -0.39 is 11.9 Å². The number of nitrogens with two attached hydrogens (primary N) is 2. The Balaban J connectivity index is 0.00000144. The first-order chi connectivity index (χ1) is 7.58. The number of benzene rings is 1. The molecule has 0 spiro atoms. The van der Waals surface area contributed by atoms with Crippen molar-refractivity contribution >= 4 is 63.9 Å². The molecule has 0 aliphatic heterocycles. The molecule has 1 amide bonds. The second-order valence-corrected chi connectivity index (χ2v) is 4.08.